The van der Waals surface area contributed by atoms with E-state index >= 15 is 0 Å². The van der Waals surface area contributed by atoms with E-state index in [0.29, 0.717) is 18.1 Å². The fraction of sp³-hybridized carbons (Fsp3) is 0.588. The SMILES string of the molecule is CN=C(NCCCC(C)C)NCCS(=O)Cc1ccccc1. The Balaban J connectivity index is 2.17. The third-order valence-corrected chi connectivity index (χ3v) is 4.58. The zero-order valence-electron chi connectivity index (χ0n) is 14.0. The molecule has 1 rings (SSSR count). The van der Waals surface area contributed by atoms with Gasteiger partial charge in [0, 0.05) is 42.4 Å². The highest BCUT2D eigenvalue weighted by Crippen LogP contribution is 2.03. The van der Waals surface area contributed by atoms with Crippen LogP contribution in [0.3, 0.4) is 0 Å². The van der Waals surface area contributed by atoms with Crippen LogP contribution >= 0.6 is 0 Å². The minimum Gasteiger partial charge on any atom is -0.356 e. The number of rotatable bonds is 9. The molecule has 0 fully saturated rings. The molecule has 2 N–H and O–H groups in total. The van der Waals surface area contributed by atoms with Crippen LogP contribution in [0, 0.1) is 5.92 Å². The van der Waals surface area contributed by atoms with Crippen LogP contribution in [0.1, 0.15) is 32.3 Å². The van der Waals surface area contributed by atoms with E-state index in [-0.39, 0.29) is 0 Å². The predicted molar refractivity (Wildman–Crippen MR) is 96.6 cm³/mol. The van der Waals surface area contributed by atoms with Crippen LogP contribution in [0.25, 0.3) is 0 Å². The van der Waals surface area contributed by atoms with Crippen molar-refractivity contribution in [3.8, 4) is 0 Å². The fourth-order valence-electron chi connectivity index (χ4n) is 2.05. The summed E-state index contributed by atoms with van der Waals surface area (Å²) < 4.78 is 12.0. The summed E-state index contributed by atoms with van der Waals surface area (Å²) in [6.45, 7) is 6.05. The lowest BCUT2D eigenvalue weighted by molar-refractivity contribution is 0.549. The van der Waals surface area contributed by atoms with E-state index < -0.39 is 10.8 Å². The molecule has 1 aromatic rings. The van der Waals surface area contributed by atoms with E-state index in [1.807, 2.05) is 30.3 Å². The first-order valence-corrected chi connectivity index (χ1v) is 9.44. The fourth-order valence-corrected chi connectivity index (χ4v) is 3.09. The maximum Gasteiger partial charge on any atom is 0.191 e. The second-order valence-electron chi connectivity index (χ2n) is 5.74. The Labute approximate surface area is 137 Å². The molecule has 0 radical (unpaired) electrons. The molecule has 0 heterocycles. The van der Waals surface area contributed by atoms with Crippen LogP contribution in [0.2, 0.25) is 0 Å². The molecule has 0 saturated heterocycles. The first kappa shape index (κ1) is 18.7. The van der Waals surface area contributed by atoms with Crippen LogP contribution < -0.4 is 10.6 Å². The summed E-state index contributed by atoms with van der Waals surface area (Å²) in [6.07, 6.45) is 2.35. The number of guanidine groups is 1. The van der Waals surface area contributed by atoms with Gasteiger partial charge in [-0.2, -0.15) is 0 Å². The number of hydrogen-bond acceptors (Lipinski definition) is 2. The molecule has 124 valence electrons. The summed E-state index contributed by atoms with van der Waals surface area (Å²) in [5.41, 5.74) is 1.12. The Hall–Kier alpha value is -1.36. The van der Waals surface area contributed by atoms with E-state index in [9.17, 15) is 4.21 Å². The molecule has 0 aliphatic heterocycles. The first-order chi connectivity index (χ1) is 10.6. The van der Waals surface area contributed by atoms with Crippen molar-refractivity contribution in [3.63, 3.8) is 0 Å². The summed E-state index contributed by atoms with van der Waals surface area (Å²) in [4.78, 5) is 4.18. The topological polar surface area (TPSA) is 53.5 Å². The van der Waals surface area contributed by atoms with Gasteiger partial charge in [0.1, 0.15) is 0 Å². The summed E-state index contributed by atoms with van der Waals surface area (Å²) in [5, 5.41) is 6.51. The van der Waals surface area contributed by atoms with Gasteiger partial charge in [0.15, 0.2) is 5.96 Å². The molecule has 0 aromatic heterocycles. The Morgan fingerprint density at radius 2 is 1.86 bits per heavy atom. The quantitative estimate of drug-likeness (QED) is 0.417. The summed E-state index contributed by atoms with van der Waals surface area (Å²) in [6, 6.07) is 9.96. The molecule has 4 nitrogen and oxygen atoms in total. The molecule has 1 atom stereocenters. The zero-order chi connectivity index (χ0) is 16.2. The van der Waals surface area contributed by atoms with Crippen molar-refractivity contribution >= 4 is 16.8 Å². The standard InChI is InChI=1S/C17H29N3OS/c1-15(2)8-7-11-19-17(18-3)20-12-13-22(21)14-16-9-5-4-6-10-16/h4-6,9-10,15H,7-8,11-14H2,1-3H3,(H2,18,19,20). The first-order valence-electron chi connectivity index (χ1n) is 7.95. The lowest BCUT2D eigenvalue weighted by atomic mass is 10.1. The average molecular weight is 324 g/mol. The summed E-state index contributed by atoms with van der Waals surface area (Å²) in [5.74, 6) is 2.77. The van der Waals surface area contributed by atoms with E-state index in [1.54, 1.807) is 7.05 Å². The van der Waals surface area contributed by atoms with Gasteiger partial charge in [0.25, 0.3) is 0 Å². The van der Waals surface area contributed by atoms with Crippen molar-refractivity contribution in [1.29, 1.82) is 0 Å². The van der Waals surface area contributed by atoms with Crippen molar-refractivity contribution in [2.75, 3.05) is 25.9 Å². The van der Waals surface area contributed by atoms with Crippen molar-refractivity contribution in [2.45, 2.75) is 32.4 Å². The second kappa shape index (κ2) is 11.2. The molecular weight excluding hydrogens is 294 g/mol. The average Bonchev–Trinajstić information content (AvgIpc) is 2.50. The van der Waals surface area contributed by atoms with Crippen LogP contribution in [0.15, 0.2) is 35.3 Å². The van der Waals surface area contributed by atoms with E-state index in [1.165, 1.54) is 6.42 Å². The Kier molecular flexibility index (Phi) is 9.55. The maximum absolute atomic E-state index is 12.0. The number of aliphatic imine (C=N–C) groups is 1. The molecule has 22 heavy (non-hydrogen) atoms. The number of benzene rings is 1. The van der Waals surface area contributed by atoms with Gasteiger partial charge in [-0.25, -0.2) is 0 Å². The van der Waals surface area contributed by atoms with Crippen molar-refractivity contribution < 1.29 is 4.21 Å². The molecule has 0 aliphatic rings. The smallest absolute Gasteiger partial charge is 0.191 e. The summed E-state index contributed by atoms with van der Waals surface area (Å²) >= 11 is 0. The van der Waals surface area contributed by atoms with Crippen molar-refractivity contribution in [3.05, 3.63) is 35.9 Å². The summed E-state index contributed by atoms with van der Waals surface area (Å²) in [7, 11) is 0.914. The van der Waals surface area contributed by atoms with Crippen LogP contribution in [-0.2, 0) is 16.6 Å². The highest BCUT2D eigenvalue weighted by Gasteiger charge is 2.03. The minimum atomic E-state index is -0.848. The largest absolute Gasteiger partial charge is 0.356 e. The van der Waals surface area contributed by atoms with Gasteiger partial charge in [-0.1, -0.05) is 44.2 Å². The lowest BCUT2D eigenvalue weighted by Crippen LogP contribution is -2.39. The predicted octanol–water partition coefficient (Wildman–Crippen LogP) is 2.54. The lowest BCUT2D eigenvalue weighted by Gasteiger charge is -2.12. The van der Waals surface area contributed by atoms with Crippen LogP contribution in [-0.4, -0.2) is 36.1 Å². The maximum atomic E-state index is 12.0. The highest BCUT2D eigenvalue weighted by molar-refractivity contribution is 7.84. The normalized spacial score (nSPS) is 13.2. The van der Waals surface area contributed by atoms with E-state index in [0.717, 1.165) is 30.4 Å². The van der Waals surface area contributed by atoms with Gasteiger partial charge in [-0.15, -0.1) is 0 Å². The van der Waals surface area contributed by atoms with Gasteiger partial charge in [0.2, 0.25) is 0 Å². The molecule has 5 heteroatoms. The Morgan fingerprint density at radius 3 is 2.50 bits per heavy atom. The van der Waals surface area contributed by atoms with E-state index in [4.69, 9.17) is 0 Å². The third-order valence-electron chi connectivity index (χ3n) is 3.27. The number of nitrogens with one attached hydrogen (secondary N) is 2. The van der Waals surface area contributed by atoms with Gasteiger partial charge >= 0.3 is 0 Å². The monoisotopic (exact) mass is 323 g/mol. The third kappa shape index (κ3) is 8.82. The highest BCUT2D eigenvalue weighted by atomic mass is 32.2. The second-order valence-corrected chi connectivity index (χ2v) is 7.31. The Morgan fingerprint density at radius 1 is 1.18 bits per heavy atom. The molecule has 0 bridgehead atoms. The minimum absolute atomic E-state index is 0.614. The van der Waals surface area contributed by atoms with Crippen molar-refractivity contribution in [2.24, 2.45) is 10.9 Å². The number of hydrogen-bond donors (Lipinski definition) is 2. The molecule has 0 spiro atoms. The molecule has 0 aliphatic carbocycles. The molecule has 1 aromatic carbocycles. The molecule has 0 saturated carbocycles. The molecule has 1 unspecified atom stereocenters. The molecular formula is C17H29N3OS. The van der Waals surface area contributed by atoms with Gasteiger partial charge in [0.05, 0.1) is 0 Å². The van der Waals surface area contributed by atoms with E-state index in [2.05, 4.69) is 29.5 Å². The van der Waals surface area contributed by atoms with Crippen LogP contribution in [0.4, 0.5) is 0 Å². The van der Waals surface area contributed by atoms with Gasteiger partial charge < -0.3 is 10.6 Å². The number of nitrogens with zero attached hydrogens (tertiary/aromatic N) is 1. The van der Waals surface area contributed by atoms with Crippen LogP contribution in [0.5, 0.6) is 0 Å². The Bertz CT molecular complexity index is 460. The van der Waals surface area contributed by atoms with Gasteiger partial charge in [-0.3, -0.25) is 9.20 Å². The van der Waals surface area contributed by atoms with Crippen molar-refractivity contribution in [1.82, 2.24) is 10.6 Å². The van der Waals surface area contributed by atoms with Gasteiger partial charge in [-0.05, 0) is 24.3 Å². The molecule has 0 amide bonds. The zero-order valence-corrected chi connectivity index (χ0v) is 14.8.